The second-order valence-electron chi connectivity index (χ2n) is 5.29. The molecule has 2 unspecified atom stereocenters. The molecule has 0 N–H and O–H groups in total. The van der Waals surface area contributed by atoms with Gasteiger partial charge < -0.3 is 9.47 Å². The molecule has 4 rings (SSSR count). The smallest absolute Gasteiger partial charge is 0.134 e. The van der Waals surface area contributed by atoms with Gasteiger partial charge in [-0.3, -0.25) is 9.98 Å². The van der Waals surface area contributed by atoms with Gasteiger partial charge in [-0.2, -0.15) is 0 Å². The van der Waals surface area contributed by atoms with E-state index in [9.17, 15) is 0 Å². The van der Waals surface area contributed by atoms with Crippen molar-refractivity contribution in [2.75, 3.05) is 14.2 Å². The van der Waals surface area contributed by atoms with E-state index in [2.05, 4.69) is 0 Å². The highest BCUT2D eigenvalue weighted by Gasteiger charge is 2.38. The molecule has 0 bridgehead atoms. The van der Waals surface area contributed by atoms with Crippen molar-refractivity contribution in [1.82, 2.24) is 0 Å². The summed E-state index contributed by atoms with van der Waals surface area (Å²) in [6.45, 7) is 0. The molecule has 24 heavy (non-hydrogen) atoms. The number of fused-ring (bicyclic) bond motifs is 1. The molecule has 2 heterocycles. The van der Waals surface area contributed by atoms with Crippen molar-refractivity contribution < 1.29 is 9.47 Å². The Labute approximate surface area is 149 Å². The molecular weight excluding hydrogens is 340 g/mol. The molecule has 4 nitrogen and oxygen atoms in total. The predicted octanol–water partition coefficient (Wildman–Crippen LogP) is 4.04. The average molecular weight is 356 g/mol. The second kappa shape index (κ2) is 6.53. The molecular formula is C18H16N2O2S2. The van der Waals surface area contributed by atoms with E-state index in [1.54, 1.807) is 37.7 Å². The Hall–Kier alpha value is -1.92. The zero-order chi connectivity index (χ0) is 16.5. The Balaban J connectivity index is 1.58. The molecule has 0 saturated heterocycles. The van der Waals surface area contributed by atoms with Gasteiger partial charge in [0, 0.05) is 11.1 Å². The van der Waals surface area contributed by atoms with Gasteiger partial charge in [0.15, 0.2) is 0 Å². The molecule has 0 radical (unpaired) electrons. The van der Waals surface area contributed by atoms with Gasteiger partial charge in [0.05, 0.1) is 14.2 Å². The highest BCUT2D eigenvalue weighted by atomic mass is 32.2. The molecule has 0 spiro atoms. The summed E-state index contributed by atoms with van der Waals surface area (Å²) in [7, 11) is 3.37. The molecule has 0 saturated carbocycles. The highest BCUT2D eigenvalue weighted by Crippen LogP contribution is 2.45. The molecule has 2 aliphatic heterocycles. The van der Waals surface area contributed by atoms with Crippen LogP contribution >= 0.6 is 23.5 Å². The monoisotopic (exact) mass is 356 g/mol. The predicted molar refractivity (Wildman–Crippen MR) is 102 cm³/mol. The minimum Gasteiger partial charge on any atom is -0.496 e. The van der Waals surface area contributed by atoms with Gasteiger partial charge in [-0.15, -0.1) is 0 Å². The molecule has 2 aromatic carbocycles. The number of methoxy groups -OCH3 is 2. The van der Waals surface area contributed by atoms with Crippen LogP contribution in [0.5, 0.6) is 11.5 Å². The highest BCUT2D eigenvalue weighted by molar-refractivity contribution is 8.20. The fourth-order valence-corrected chi connectivity index (χ4v) is 5.26. The topological polar surface area (TPSA) is 43.2 Å². The van der Waals surface area contributed by atoms with Crippen LogP contribution in [0.2, 0.25) is 0 Å². The summed E-state index contributed by atoms with van der Waals surface area (Å²) in [5.74, 6) is 1.70. The molecule has 0 aliphatic carbocycles. The Morgan fingerprint density at radius 1 is 0.708 bits per heavy atom. The van der Waals surface area contributed by atoms with E-state index in [4.69, 9.17) is 19.5 Å². The second-order valence-corrected chi connectivity index (χ2v) is 7.50. The lowest BCUT2D eigenvalue weighted by Crippen LogP contribution is -2.04. The van der Waals surface area contributed by atoms with E-state index in [1.807, 2.05) is 48.5 Å². The molecule has 0 amide bonds. The van der Waals surface area contributed by atoms with Crippen LogP contribution in [0.4, 0.5) is 0 Å². The normalized spacial score (nSPS) is 21.9. The summed E-state index contributed by atoms with van der Waals surface area (Å²) < 4.78 is 10.9. The van der Waals surface area contributed by atoms with Gasteiger partial charge in [0.2, 0.25) is 0 Å². The number of hydrogen-bond donors (Lipinski definition) is 0. The minimum absolute atomic E-state index is 0.106. The van der Waals surface area contributed by atoms with Gasteiger partial charge in [-0.05, 0) is 24.3 Å². The number of para-hydroxylation sites is 2. The maximum absolute atomic E-state index is 5.45. The van der Waals surface area contributed by atoms with E-state index in [1.165, 1.54) is 0 Å². The lowest BCUT2D eigenvalue weighted by Gasteiger charge is -2.09. The van der Waals surface area contributed by atoms with Crippen LogP contribution in [0.3, 0.4) is 0 Å². The third-order valence-corrected chi connectivity index (χ3v) is 6.35. The Morgan fingerprint density at radius 3 is 1.54 bits per heavy atom. The number of nitrogens with zero attached hydrogens (tertiary/aromatic N) is 2. The summed E-state index contributed by atoms with van der Waals surface area (Å²) in [5, 5.41) is 2.21. The third-order valence-electron chi connectivity index (χ3n) is 3.87. The van der Waals surface area contributed by atoms with Gasteiger partial charge in [0.1, 0.15) is 32.3 Å². The van der Waals surface area contributed by atoms with Crippen LogP contribution in [0.1, 0.15) is 11.1 Å². The van der Waals surface area contributed by atoms with Gasteiger partial charge in [-0.1, -0.05) is 47.8 Å². The molecule has 2 atom stereocenters. The van der Waals surface area contributed by atoms with Crippen molar-refractivity contribution in [2.45, 2.75) is 10.7 Å². The number of ether oxygens (including phenoxy) is 2. The van der Waals surface area contributed by atoms with Gasteiger partial charge in [-0.25, -0.2) is 0 Å². The van der Waals surface area contributed by atoms with Crippen LogP contribution in [0, 0.1) is 0 Å². The summed E-state index contributed by atoms with van der Waals surface area (Å²) >= 11 is 3.39. The average Bonchev–Trinajstić information content (AvgIpc) is 3.20. The Bertz CT molecular complexity index is 766. The number of aliphatic imine (C=N–C) groups is 2. The molecule has 2 aliphatic rings. The zero-order valence-corrected chi connectivity index (χ0v) is 14.9. The number of rotatable bonds is 4. The van der Waals surface area contributed by atoms with E-state index < -0.39 is 0 Å². The maximum Gasteiger partial charge on any atom is 0.134 e. The van der Waals surface area contributed by atoms with Crippen molar-refractivity contribution >= 4 is 33.6 Å². The minimum atomic E-state index is 0.106. The first-order valence-corrected chi connectivity index (χ1v) is 9.32. The van der Waals surface area contributed by atoms with E-state index in [-0.39, 0.29) is 10.7 Å². The van der Waals surface area contributed by atoms with Gasteiger partial charge in [0.25, 0.3) is 0 Å². The first-order chi connectivity index (χ1) is 11.8. The van der Waals surface area contributed by atoms with Crippen molar-refractivity contribution in [1.29, 1.82) is 0 Å². The number of benzene rings is 2. The quantitative estimate of drug-likeness (QED) is 0.829. The van der Waals surface area contributed by atoms with Crippen LogP contribution in [-0.4, -0.2) is 35.1 Å². The lowest BCUT2D eigenvalue weighted by atomic mass is 10.2. The molecule has 0 fully saturated rings. The van der Waals surface area contributed by atoms with E-state index >= 15 is 0 Å². The first kappa shape index (κ1) is 15.6. The number of hydrogen-bond acceptors (Lipinski definition) is 6. The fourth-order valence-electron chi connectivity index (χ4n) is 2.73. The summed E-state index contributed by atoms with van der Waals surface area (Å²) in [6, 6.07) is 16.0. The van der Waals surface area contributed by atoms with Crippen molar-refractivity contribution in [3.05, 3.63) is 59.7 Å². The number of thioether (sulfide) groups is 2. The van der Waals surface area contributed by atoms with Gasteiger partial charge >= 0.3 is 0 Å². The van der Waals surface area contributed by atoms with Crippen LogP contribution in [0.25, 0.3) is 0 Å². The molecule has 2 aromatic rings. The first-order valence-electron chi connectivity index (χ1n) is 7.56. The molecule has 122 valence electrons. The largest absolute Gasteiger partial charge is 0.496 e. The lowest BCUT2D eigenvalue weighted by molar-refractivity contribution is 0.414. The summed E-state index contributed by atoms with van der Waals surface area (Å²) in [5.41, 5.74) is 2.07. The summed E-state index contributed by atoms with van der Waals surface area (Å²) in [4.78, 5) is 9.73. The van der Waals surface area contributed by atoms with Crippen LogP contribution in [-0.2, 0) is 0 Å². The van der Waals surface area contributed by atoms with E-state index in [0.717, 1.165) is 32.7 Å². The fraction of sp³-hybridized carbons (Fsp3) is 0.222. The standard InChI is InChI=1S/C18H16N2O2S2/c1-21-13-9-5-3-7-11(13)15-19-17-18(23-15)20-16(24-17)12-8-4-6-10-14(12)22-2/h3-10,17-18H,1-2H3. The van der Waals surface area contributed by atoms with Crippen LogP contribution < -0.4 is 9.47 Å². The SMILES string of the molecule is COc1ccccc1C1=NC2SC(c3ccccc3OC)=NC2S1. The maximum atomic E-state index is 5.45. The Kier molecular flexibility index (Phi) is 4.24. The van der Waals surface area contributed by atoms with Crippen molar-refractivity contribution in [3.63, 3.8) is 0 Å². The van der Waals surface area contributed by atoms with Crippen molar-refractivity contribution in [3.8, 4) is 11.5 Å². The Morgan fingerprint density at radius 2 is 1.12 bits per heavy atom. The zero-order valence-electron chi connectivity index (χ0n) is 13.3. The summed E-state index contributed by atoms with van der Waals surface area (Å²) in [6.07, 6.45) is 0. The molecule has 6 heteroatoms. The molecule has 0 aromatic heterocycles. The third kappa shape index (κ3) is 2.70. The van der Waals surface area contributed by atoms with Crippen LogP contribution in [0.15, 0.2) is 58.5 Å². The van der Waals surface area contributed by atoms with Crippen molar-refractivity contribution in [2.24, 2.45) is 9.98 Å². The van der Waals surface area contributed by atoms with E-state index in [0.29, 0.717) is 0 Å².